The normalized spacial score (nSPS) is 11.2. The number of aromatic nitrogens is 2. The van der Waals surface area contributed by atoms with Crippen LogP contribution in [0.1, 0.15) is 5.69 Å². The van der Waals surface area contributed by atoms with Gasteiger partial charge in [0.2, 0.25) is 0 Å². The molecule has 0 radical (unpaired) electrons. The van der Waals surface area contributed by atoms with Gasteiger partial charge in [0, 0.05) is 12.6 Å². The lowest BCUT2D eigenvalue weighted by Gasteiger charge is -2.08. The van der Waals surface area contributed by atoms with Gasteiger partial charge in [-0.1, -0.05) is 34.8 Å². The Morgan fingerprint density at radius 1 is 1.17 bits per heavy atom. The van der Waals surface area contributed by atoms with Crippen LogP contribution in [-0.2, 0) is 12.9 Å². The van der Waals surface area contributed by atoms with E-state index >= 15 is 0 Å². The van der Waals surface area contributed by atoms with Gasteiger partial charge in [0.05, 0.1) is 17.3 Å². The predicted molar refractivity (Wildman–Crippen MR) is 86.2 cm³/mol. The van der Waals surface area contributed by atoms with E-state index in [1.807, 2.05) is 0 Å². The third-order valence-corrected chi connectivity index (χ3v) is 2.77. The third kappa shape index (κ3) is 7.52. The van der Waals surface area contributed by atoms with E-state index in [0.717, 1.165) is 5.69 Å². The summed E-state index contributed by atoms with van der Waals surface area (Å²) in [6.07, 6.45) is -4.68. The molecule has 2 rings (SSSR count). The minimum atomic E-state index is -4.68. The lowest BCUT2D eigenvalue weighted by molar-refractivity contribution is -0.274. The van der Waals surface area contributed by atoms with Gasteiger partial charge in [0.1, 0.15) is 5.75 Å². The first-order chi connectivity index (χ1) is 10.6. The van der Waals surface area contributed by atoms with E-state index in [4.69, 9.17) is 46.4 Å². The van der Waals surface area contributed by atoms with E-state index in [-0.39, 0.29) is 5.75 Å². The van der Waals surface area contributed by atoms with Gasteiger partial charge in [0.25, 0.3) is 0 Å². The summed E-state index contributed by atoms with van der Waals surface area (Å²) < 4.78 is 40.7. The van der Waals surface area contributed by atoms with Gasteiger partial charge in [-0.3, -0.25) is 4.68 Å². The molecule has 1 aromatic heterocycles. The van der Waals surface area contributed by atoms with E-state index in [1.165, 1.54) is 24.3 Å². The fourth-order valence-electron chi connectivity index (χ4n) is 1.60. The summed E-state index contributed by atoms with van der Waals surface area (Å²) in [5.74, 6) is 0.0587. The molecular weight excluding hydrogens is 399 g/mol. The highest BCUT2D eigenvalue weighted by Crippen LogP contribution is 2.26. The minimum Gasteiger partial charge on any atom is -0.406 e. The SMILES string of the molecule is ClC(Cl)Cl.Cn1nc(-c2ccc(OC(F)(F)F)cc2)cc1CCl. The number of hydrogen-bond acceptors (Lipinski definition) is 2. The summed E-state index contributed by atoms with van der Waals surface area (Å²) in [7, 11) is 1.75. The Morgan fingerprint density at radius 3 is 2.09 bits per heavy atom. The van der Waals surface area contributed by atoms with Gasteiger partial charge in [-0.15, -0.1) is 24.8 Å². The van der Waals surface area contributed by atoms with Crippen LogP contribution in [0.25, 0.3) is 11.3 Å². The molecule has 10 heteroatoms. The van der Waals surface area contributed by atoms with Gasteiger partial charge in [0.15, 0.2) is 4.30 Å². The number of rotatable bonds is 3. The van der Waals surface area contributed by atoms with Crippen LogP contribution in [0.4, 0.5) is 13.2 Å². The van der Waals surface area contributed by atoms with E-state index in [0.29, 0.717) is 17.1 Å². The zero-order valence-corrected chi connectivity index (χ0v) is 14.6. The molecule has 128 valence electrons. The molecular formula is C13H11Cl4F3N2O. The Hall–Kier alpha value is -0.820. The van der Waals surface area contributed by atoms with Crippen LogP contribution in [-0.4, -0.2) is 20.4 Å². The molecule has 2 aromatic rings. The van der Waals surface area contributed by atoms with Crippen LogP contribution in [0.2, 0.25) is 0 Å². The number of nitrogens with zero attached hydrogens (tertiary/aromatic N) is 2. The molecule has 0 fully saturated rings. The quantitative estimate of drug-likeness (QED) is 0.607. The number of halogens is 7. The summed E-state index contributed by atoms with van der Waals surface area (Å²) in [6.45, 7) is 0. The molecule has 0 spiro atoms. The van der Waals surface area contributed by atoms with Gasteiger partial charge in [-0.25, -0.2) is 0 Å². The zero-order valence-electron chi connectivity index (χ0n) is 11.6. The molecule has 1 aromatic carbocycles. The van der Waals surface area contributed by atoms with Crippen molar-refractivity contribution in [3.8, 4) is 17.0 Å². The van der Waals surface area contributed by atoms with Crippen LogP contribution in [0, 0.1) is 0 Å². The number of alkyl halides is 7. The maximum absolute atomic E-state index is 12.0. The van der Waals surface area contributed by atoms with Crippen molar-refractivity contribution in [3.05, 3.63) is 36.0 Å². The second-order valence-corrected chi connectivity index (χ2v) is 6.34. The average Bonchev–Trinajstić information content (AvgIpc) is 2.78. The first kappa shape index (κ1) is 20.2. The smallest absolute Gasteiger partial charge is 0.406 e. The van der Waals surface area contributed by atoms with Gasteiger partial charge in [-0.05, 0) is 30.3 Å². The van der Waals surface area contributed by atoms with E-state index in [1.54, 1.807) is 17.8 Å². The molecule has 3 nitrogen and oxygen atoms in total. The van der Waals surface area contributed by atoms with Crippen molar-refractivity contribution in [1.82, 2.24) is 9.78 Å². The van der Waals surface area contributed by atoms with Crippen LogP contribution >= 0.6 is 46.4 Å². The molecule has 0 aliphatic heterocycles. The first-order valence-electron chi connectivity index (χ1n) is 5.99. The lowest BCUT2D eigenvalue weighted by Crippen LogP contribution is -2.16. The summed E-state index contributed by atoms with van der Waals surface area (Å²) >= 11 is 20.1. The summed E-state index contributed by atoms with van der Waals surface area (Å²) in [4.78, 5) is 0. The first-order valence-corrected chi connectivity index (χ1v) is 7.84. The highest BCUT2D eigenvalue weighted by Gasteiger charge is 2.30. The van der Waals surface area contributed by atoms with Crippen molar-refractivity contribution < 1.29 is 17.9 Å². The van der Waals surface area contributed by atoms with E-state index in [9.17, 15) is 13.2 Å². The molecule has 1 heterocycles. The zero-order chi connectivity index (χ0) is 17.6. The van der Waals surface area contributed by atoms with Crippen LogP contribution in [0.3, 0.4) is 0 Å². The second-order valence-electron chi connectivity index (χ2n) is 4.10. The van der Waals surface area contributed by atoms with Gasteiger partial charge < -0.3 is 4.74 Å². The van der Waals surface area contributed by atoms with Crippen molar-refractivity contribution in [1.29, 1.82) is 0 Å². The Balaban J connectivity index is 0.000000593. The number of hydrogen-bond donors (Lipinski definition) is 0. The molecule has 0 saturated heterocycles. The fraction of sp³-hybridized carbons (Fsp3) is 0.308. The van der Waals surface area contributed by atoms with Gasteiger partial charge in [-0.2, -0.15) is 5.10 Å². The van der Waals surface area contributed by atoms with E-state index < -0.39 is 10.7 Å². The fourth-order valence-corrected chi connectivity index (χ4v) is 1.85. The molecule has 0 aliphatic rings. The Kier molecular flexibility index (Phi) is 7.80. The minimum absolute atomic E-state index is 0.259. The monoisotopic (exact) mass is 408 g/mol. The van der Waals surface area contributed by atoms with Gasteiger partial charge >= 0.3 is 6.36 Å². The lowest BCUT2D eigenvalue weighted by atomic mass is 10.1. The molecule has 0 atom stereocenters. The number of ether oxygens (including phenoxy) is 1. The highest BCUT2D eigenvalue weighted by molar-refractivity contribution is 6.63. The number of benzene rings is 1. The Labute approximate surface area is 150 Å². The molecule has 0 saturated carbocycles. The predicted octanol–water partition coefficient (Wildman–Crippen LogP) is 5.71. The van der Waals surface area contributed by atoms with Crippen molar-refractivity contribution in [2.24, 2.45) is 7.05 Å². The average molecular weight is 410 g/mol. The molecule has 23 heavy (non-hydrogen) atoms. The molecule has 0 amide bonds. The molecule has 0 unspecified atom stereocenters. The molecule has 0 bridgehead atoms. The Bertz CT molecular complexity index is 612. The summed E-state index contributed by atoms with van der Waals surface area (Å²) in [5, 5.41) is 4.23. The standard InChI is InChI=1S/C12H10ClF3N2O.CHCl3/c1-18-9(7-13)6-11(17-18)8-2-4-10(5-3-8)19-12(14,15)16;2-1(3)4/h2-6H,7H2,1H3;1H. The summed E-state index contributed by atoms with van der Waals surface area (Å²) in [5.41, 5.74) is 2.17. The van der Waals surface area contributed by atoms with Crippen molar-refractivity contribution in [2.75, 3.05) is 0 Å². The van der Waals surface area contributed by atoms with E-state index in [2.05, 4.69) is 9.84 Å². The second kappa shape index (κ2) is 8.87. The van der Waals surface area contributed by atoms with Crippen LogP contribution < -0.4 is 4.74 Å². The summed E-state index contributed by atoms with van der Waals surface area (Å²) in [6, 6.07) is 7.31. The van der Waals surface area contributed by atoms with Crippen LogP contribution in [0.5, 0.6) is 5.75 Å². The third-order valence-electron chi connectivity index (χ3n) is 2.50. The maximum atomic E-state index is 12.0. The largest absolute Gasteiger partial charge is 0.573 e. The van der Waals surface area contributed by atoms with Crippen molar-refractivity contribution in [3.63, 3.8) is 0 Å². The Morgan fingerprint density at radius 2 is 1.70 bits per heavy atom. The maximum Gasteiger partial charge on any atom is 0.573 e. The number of aryl methyl sites for hydroxylation is 1. The molecule has 0 N–H and O–H groups in total. The highest BCUT2D eigenvalue weighted by atomic mass is 35.6. The van der Waals surface area contributed by atoms with Crippen molar-refractivity contribution in [2.45, 2.75) is 16.5 Å². The topological polar surface area (TPSA) is 27.1 Å². The van der Waals surface area contributed by atoms with Crippen molar-refractivity contribution >= 4 is 46.4 Å². The molecule has 0 aliphatic carbocycles. The van der Waals surface area contributed by atoms with Crippen LogP contribution in [0.15, 0.2) is 30.3 Å².